The van der Waals surface area contributed by atoms with Crippen LogP contribution in [0.15, 0.2) is 0 Å². The Balaban J connectivity index is 1.73. The van der Waals surface area contributed by atoms with Gasteiger partial charge in [-0.1, -0.05) is 0 Å². The van der Waals surface area contributed by atoms with E-state index in [1.165, 1.54) is 6.92 Å². The molecule has 0 aliphatic carbocycles. The molecular weight excluding hydrogens is 544 g/mol. The van der Waals surface area contributed by atoms with Crippen LogP contribution < -0.4 is 10.6 Å². The molecule has 7 unspecified atom stereocenters. The second-order valence-corrected chi connectivity index (χ2v) is 10.2. The van der Waals surface area contributed by atoms with Gasteiger partial charge in [0.15, 0.2) is 12.6 Å². The van der Waals surface area contributed by atoms with Gasteiger partial charge in [-0.05, 0) is 6.92 Å². The van der Waals surface area contributed by atoms with Gasteiger partial charge in [-0.15, -0.1) is 0 Å². The van der Waals surface area contributed by atoms with E-state index in [0.717, 1.165) is 6.92 Å². The van der Waals surface area contributed by atoms with E-state index in [1.54, 1.807) is 6.92 Å². The van der Waals surface area contributed by atoms with E-state index in [0.29, 0.717) is 0 Å². The fourth-order valence-electron chi connectivity index (χ4n) is 5.02. The van der Waals surface area contributed by atoms with E-state index in [-0.39, 0.29) is 0 Å². The van der Waals surface area contributed by atoms with E-state index in [9.17, 15) is 50.4 Å². The maximum absolute atomic E-state index is 11.9. The minimum absolute atomic E-state index is 0.404. The SMILES string of the molecule is CC(=O)NC1[C@H](OCC2OC(C)C(NC(C)=O)[C@@H](O)[C@H]2O)OC(CO)[C@@H](O[C@@H]2OC(CO)[C@H](O)[C@H](O)C2O)[C@@H]1O. The highest BCUT2D eigenvalue weighted by Crippen LogP contribution is 2.30. The molecule has 3 saturated heterocycles. The number of ether oxygens (including phenoxy) is 5. The second kappa shape index (κ2) is 14.1. The quantitative estimate of drug-likeness (QED) is 0.121. The van der Waals surface area contributed by atoms with Crippen molar-refractivity contribution in [2.75, 3.05) is 19.8 Å². The summed E-state index contributed by atoms with van der Waals surface area (Å²) in [4.78, 5) is 23.3. The van der Waals surface area contributed by atoms with Gasteiger partial charge in [-0.3, -0.25) is 9.59 Å². The first kappa shape index (κ1) is 32.9. The average molecular weight is 585 g/mol. The van der Waals surface area contributed by atoms with Gasteiger partial charge in [-0.2, -0.15) is 0 Å². The van der Waals surface area contributed by atoms with E-state index in [1.807, 2.05) is 0 Å². The fourth-order valence-corrected chi connectivity index (χ4v) is 5.02. The highest BCUT2D eigenvalue weighted by molar-refractivity contribution is 5.73. The van der Waals surface area contributed by atoms with Crippen LogP contribution in [-0.2, 0) is 33.3 Å². The van der Waals surface area contributed by atoms with Crippen molar-refractivity contribution >= 4 is 11.8 Å². The average Bonchev–Trinajstić information content (AvgIpc) is 2.90. The molecule has 0 aromatic rings. The highest BCUT2D eigenvalue weighted by atomic mass is 16.7. The standard InChI is InChI=1S/C23H40N2O15/c1-7-13(24-8(2)28)17(32)16(31)12(37-7)6-36-22-14(25-9(3)29)18(33)21(11(5-27)39-22)40-23-20(35)19(34)15(30)10(4-26)38-23/h7,10-23,26-27,30-35H,4-6H2,1-3H3,(H,24,28)(H,25,29)/t7?,10?,11?,12?,13?,14?,15-,16-,17+,18+,19-,20?,21+,22+,23-/m0/s1. The van der Waals surface area contributed by atoms with Gasteiger partial charge in [0.2, 0.25) is 11.8 Å². The smallest absolute Gasteiger partial charge is 0.217 e. The Morgan fingerprint density at radius 3 is 1.80 bits per heavy atom. The molecule has 17 nitrogen and oxygen atoms in total. The first-order chi connectivity index (χ1) is 18.8. The van der Waals surface area contributed by atoms with Crippen molar-refractivity contribution in [1.82, 2.24) is 10.6 Å². The lowest BCUT2D eigenvalue weighted by Gasteiger charge is -2.47. The molecule has 3 fully saturated rings. The molecule has 0 bridgehead atoms. The van der Waals surface area contributed by atoms with Crippen LogP contribution in [0.4, 0.5) is 0 Å². The van der Waals surface area contributed by atoms with Gasteiger partial charge in [0.25, 0.3) is 0 Å². The summed E-state index contributed by atoms with van der Waals surface area (Å²) in [5.74, 6) is -1.04. The van der Waals surface area contributed by atoms with E-state index < -0.39 is 123 Å². The van der Waals surface area contributed by atoms with Gasteiger partial charge in [-0.25, -0.2) is 0 Å². The van der Waals surface area contributed by atoms with E-state index >= 15 is 0 Å². The molecule has 15 atom stereocenters. The first-order valence-electron chi connectivity index (χ1n) is 12.9. The number of hydrogen-bond acceptors (Lipinski definition) is 15. The van der Waals surface area contributed by atoms with Crippen LogP contribution in [0, 0.1) is 0 Å². The van der Waals surface area contributed by atoms with Crippen molar-refractivity contribution in [3.05, 3.63) is 0 Å². The number of aliphatic hydroxyl groups is 8. The summed E-state index contributed by atoms with van der Waals surface area (Å²) >= 11 is 0. The van der Waals surface area contributed by atoms with Crippen LogP contribution in [0.3, 0.4) is 0 Å². The summed E-state index contributed by atoms with van der Waals surface area (Å²) in [6.07, 6.45) is -18.8. The van der Waals surface area contributed by atoms with Crippen LogP contribution >= 0.6 is 0 Å². The minimum atomic E-state index is -1.81. The zero-order chi connectivity index (χ0) is 29.9. The lowest BCUT2D eigenvalue weighted by Crippen LogP contribution is -2.68. The molecule has 0 aromatic heterocycles. The number of amides is 2. The summed E-state index contributed by atoms with van der Waals surface area (Å²) in [5, 5.41) is 86.8. The largest absolute Gasteiger partial charge is 0.394 e. The molecule has 3 aliphatic rings. The minimum Gasteiger partial charge on any atom is -0.394 e. The van der Waals surface area contributed by atoms with Crippen LogP contribution in [0.1, 0.15) is 20.8 Å². The predicted molar refractivity (Wildman–Crippen MR) is 128 cm³/mol. The third-order valence-electron chi connectivity index (χ3n) is 7.15. The summed E-state index contributed by atoms with van der Waals surface area (Å²) in [7, 11) is 0. The van der Waals surface area contributed by atoms with Crippen molar-refractivity contribution < 1.29 is 74.1 Å². The molecule has 0 radical (unpaired) electrons. The molecule has 3 heterocycles. The second-order valence-electron chi connectivity index (χ2n) is 10.2. The summed E-state index contributed by atoms with van der Waals surface area (Å²) in [5.41, 5.74) is 0. The Kier molecular flexibility index (Phi) is 11.6. The van der Waals surface area contributed by atoms with Crippen LogP contribution in [0.25, 0.3) is 0 Å². The molecule has 3 aliphatic heterocycles. The molecule has 0 aromatic carbocycles. The van der Waals surface area contributed by atoms with Crippen molar-refractivity contribution in [3.63, 3.8) is 0 Å². The lowest BCUT2D eigenvalue weighted by atomic mass is 9.93. The van der Waals surface area contributed by atoms with Crippen molar-refractivity contribution in [1.29, 1.82) is 0 Å². The lowest BCUT2D eigenvalue weighted by molar-refractivity contribution is -0.350. The number of carbonyl (C=O) groups is 2. The third-order valence-corrected chi connectivity index (χ3v) is 7.15. The van der Waals surface area contributed by atoms with Crippen LogP contribution in [-0.4, -0.2) is 164 Å². The number of nitrogens with one attached hydrogen (secondary N) is 2. The summed E-state index contributed by atoms with van der Waals surface area (Å²) in [6.45, 7) is 2.11. The van der Waals surface area contributed by atoms with Crippen molar-refractivity contribution in [3.8, 4) is 0 Å². The zero-order valence-corrected chi connectivity index (χ0v) is 22.2. The topological polar surface area (TPSA) is 266 Å². The predicted octanol–water partition coefficient (Wildman–Crippen LogP) is -6.22. The fraction of sp³-hybridized carbons (Fsp3) is 0.913. The molecule has 0 spiro atoms. The molecule has 2 amide bonds. The number of rotatable bonds is 9. The zero-order valence-electron chi connectivity index (χ0n) is 22.2. The summed E-state index contributed by atoms with van der Waals surface area (Å²) in [6, 6.07) is -2.21. The Morgan fingerprint density at radius 2 is 1.23 bits per heavy atom. The number of aliphatic hydroxyl groups excluding tert-OH is 8. The van der Waals surface area contributed by atoms with Crippen LogP contribution in [0.2, 0.25) is 0 Å². The van der Waals surface area contributed by atoms with Crippen molar-refractivity contribution in [2.24, 2.45) is 0 Å². The van der Waals surface area contributed by atoms with E-state index in [4.69, 9.17) is 23.7 Å². The maximum Gasteiger partial charge on any atom is 0.217 e. The monoisotopic (exact) mass is 584 g/mol. The molecule has 17 heteroatoms. The molecule has 0 saturated carbocycles. The normalized spacial score (nSPS) is 46.0. The molecule has 10 N–H and O–H groups in total. The molecule has 232 valence electrons. The van der Waals surface area contributed by atoms with Gasteiger partial charge in [0.1, 0.15) is 67.1 Å². The highest BCUT2D eigenvalue weighted by Gasteiger charge is 2.52. The van der Waals surface area contributed by atoms with E-state index in [2.05, 4.69) is 10.6 Å². The third kappa shape index (κ3) is 7.24. The Hall–Kier alpha value is -1.58. The molecular formula is C23H40N2O15. The van der Waals surface area contributed by atoms with Gasteiger partial charge < -0.3 is 75.2 Å². The number of hydrogen-bond donors (Lipinski definition) is 10. The Labute approximate surface area is 229 Å². The summed E-state index contributed by atoms with van der Waals surface area (Å²) < 4.78 is 28.1. The maximum atomic E-state index is 11.9. The number of carbonyl (C=O) groups excluding carboxylic acids is 2. The van der Waals surface area contributed by atoms with Gasteiger partial charge >= 0.3 is 0 Å². The van der Waals surface area contributed by atoms with Crippen molar-refractivity contribution in [2.45, 2.75) is 113 Å². The first-order valence-corrected chi connectivity index (χ1v) is 12.9. The molecule has 3 rings (SSSR count). The van der Waals surface area contributed by atoms with Gasteiger partial charge in [0, 0.05) is 13.8 Å². The Bertz CT molecular complexity index is 851. The molecule has 40 heavy (non-hydrogen) atoms. The van der Waals surface area contributed by atoms with Gasteiger partial charge in [0.05, 0.1) is 32.0 Å². The Morgan fingerprint density at radius 1 is 0.675 bits per heavy atom. The van der Waals surface area contributed by atoms with Crippen LogP contribution in [0.5, 0.6) is 0 Å².